The van der Waals surface area contributed by atoms with Crippen molar-refractivity contribution in [1.82, 2.24) is 14.6 Å². The van der Waals surface area contributed by atoms with Gasteiger partial charge < -0.3 is 4.90 Å². The van der Waals surface area contributed by atoms with Crippen LogP contribution in [0.5, 0.6) is 0 Å². The molecule has 1 fully saturated rings. The Morgan fingerprint density at radius 3 is 2.89 bits per heavy atom. The summed E-state index contributed by atoms with van der Waals surface area (Å²) in [4.78, 5) is 6.07. The Morgan fingerprint density at radius 2 is 2.26 bits per heavy atom. The van der Waals surface area contributed by atoms with Gasteiger partial charge in [-0.3, -0.25) is 4.98 Å². The van der Waals surface area contributed by atoms with E-state index < -0.39 is 10.0 Å². The summed E-state index contributed by atoms with van der Waals surface area (Å²) in [6.45, 7) is 3.82. The zero-order valence-corrected chi connectivity index (χ0v) is 12.6. The number of nitrogens with zero attached hydrogens (tertiary/aromatic N) is 2. The van der Waals surface area contributed by atoms with Gasteiger partial charge in [-0.15, -0.1) is 0 Å². The predicted molar refractivity (Wildman–Crippen MR) is 74.6 cm³/mol. The summed E-state index contributed by atoms with van der Waals surface area (Å²) >= 11 is 5.92. The molecule has 1 aromatic rings. The number of halogens is 1. The number of likely N-dealkylation sites (tertiary alicyclic amines) is 1. The smallest absolute Gasteiger partial charge is 0.243 e. The number of piperidine rings is 1. The summed E-state index contributed by atoms with van der Waals surface area (Å²) in [5.74, 6) is 0.268. The first kappa shape index (κ1) is 14.7. The third-order valence-corrected chi connectivity index (χ3v) is 5.40. The summed E-state index contributed by atoms with van der Waals surface area (Å²) in [6.07, 6.45) is 3.55. The zero-order chi connectivity index (χ0) is 14.0. The van der Waals surface area contributed by atoms with Gasteiger partial charge in [-0.05, 0) is 32.0 Å². The van der Waals surface area contributed by atoms with Crippen molar-refractivity contribution >= 4 is 21.6 Å². The van der Waals surface area contributed by atoms with Gasteiger partial charge in [0.15, 0.2) is 0 Å². The lowest BCUT2D eigenvalue weighted by molar-refractivity contribution is 0.188. The summed E-state index contributed by atoms with van der Waals surface area (Å²) < 4.78 is 27.3. The minimum Gasteiger partial charge on any atom is -0.306 e. The highest BCUT2D eigenvalue weighted by Gasteiger charge is 2.29. The largest absolute Gasteiger partial charge is 0.306 e. The van der Waals surface area contributed by atoms with Crippen LogP contribution in [-0.2, 0) is 10.0 Å². The van der Waals surface area contributed by atoms with Gasteiger partial charge in [0.25, 0.3) is 0 Å². The molecule has 0 radical (unpaired) electrons. The van der Waals surface area contributed by atoms with Crippen LogP contribution in [0.4, 0.5) is 0 Å². The number of hydrogen-bond acceptors (Lipinski definition) is 4. The quantitative estimate of drug-likeness (QED) is 0.916. The molecule has 1 aliphatic rings. The average molecular weight is 304 g/mol. The van der Waals surface area contributed by atoms with Crippen LogP contribution in [0, 0.1) is 5.92 Å². The first-order chi connectivity index (χ1) is 8.90. The Hall–Kier alpha value is -0.690. The van der Waals surface area contributed by atoms with Gasteiger partial charge in [0.2, 0.25) is 10.0 Å². The molecule has 2 heterocycles. The number of pyridine rings is 1. The molecule has 19 heavy (non-hydrogen) atoms. The number of rotatable bonds is 3. The van der Waals surface area contributed by atoms with Crippen molar-refractivity contribution in [2.45, 2.75) is 24.3 Å². The van der Waals surface area contributed by atoms with E-state index in [-0.39, 0.29) is 21.9 Å². The minimum atomic E-state index is -3.60. The second-order valence-electron chi connectivity index (χ2n) is 5.06. The molecule has 1 N–H and O–H groups in total. The van der Waals surface area contributed by atoms with Crippen LogP contribution in [0.15, 0.2) is 23.4 Å². The first-order valence-corrected chi connectivity index (χ1v) is 8.06. The Morgan fingerprint density at radius 1 is 1.53 bits per heavy atom. The molecule has 2 atom stereocenters. The van der Waals surface area contributed by atoms with Gasteiger partial charge in [0.05, 0.1) is 5.02 Å². The Kier molecular flexibility index (Phi) is 4.45. The summed E-state index contributed by atoms with van der Waals surface area (Å²) in [5.41, 5.74) is 0. The van der Waals surface area contributed by atoms with E-state index in [2.05, 4.69) is 14.6 Å². The van der Waals surface area contributed by atoms with Crippen LogP contribution in [-0.4, -0.2) is 44.5 Å². The van der Waals surface area contributed by atoms with E-state index in [1.807, 2.05) is 14.0 Å². The maximum atomic E-state index is 12.3. The third-order valence-electron chi connectivity index (χ3n) is 3.44. The molecule has 106 valence electrons. The monoisotopic (exact) mass is 303 g/mol. The van der Waals surface area contributed by atoms with Crippen molar-refractivity contribution in [2.75, 3.05) is 20.1 Å². The van der Waals surface area contributed by atoms with Crippen LogP contribution < -0.4 is 4.72 Å². The molecule has 0 saturated carbocycles. The molecule has 1 saturated heterocycles. The fourth-order valence-electron chi connectivity index (χ4n) is 2.35. The van der Waals surface area contributed by atoms with E-state index in [9.17, 15) is 8.42 Å². The second-order valence-corrected chi connectivity index (χ2v) is 7.15. The highest BCUT2D eigenvalue weighted by atomic mass is 35.5. The van der Waals surface area contributed by atoms with Gasteiger partial charge in [0.1, 0.15) is 4.90 Å². The second kappa shape index (κ2) is 5.75. The van der Waals surface area contributed by atoms with Crippen LogP contribution in [0.1, 0.15) is 13.3 Å². The number of sulfonamides is 1. The van der Waals surface area contributed by atoms with Crippen molar-refractivity contribution in [1.29, 1.82) is 0 Å². The maximum absolute atomic E-state index is 12.3. The van der Waals surface area contributed by atoms with Crippen molar-refractivity contribution in [3.8, 4) is 0 Å². The van der Waals surface area contributed by atoms with Gasteiger partial charge in [-0.25, -0.2) is 13.1 Å². The van der Waals surface area contributed by atoms with E-state index in [0.29, 0.717) is 0 Å². The van der Waals surface area contributed by atoms with Gasteiger partial charge in [-0.1, -0.05) is 18.5 Å². The molecule has 2 unspecified atom stereocenters. The fourth-order valence-corrected chi connectivity index (χ4v) is 4.16. The van der Waals surface area contributed by atoms with Crippen molar-refractivity contribution in [3.63, 3.8) is 0 Å². The molecule has 0 spiro atoms. The Bertz CT molecular complexity index is 550. The molecule has 0 amide bonds. The molecule has 0 aliphatic carbocycles. The number of aromatic nitrogens is 1. The van der Waals surface area contributed by atoms with Gasteiger partial charge in [-0.2, -0.15) is 0 Å². The normalized spacial score (nSPS) is 25.4. The number of nitrogens with one attached hydrogen (secondary N) is 1. The molecule has 5 nitrogen and oxygen atoms in total. The maximum Gasteiger partial charge on any atom is 0.243 e. The van der Waals surface area contributed by atoms with Crippen LogP contribution in [0.3, 0.4) is 0 Å². The number of hydrogen-bond donors (Lipinski definition) is 1. The molecule has 1 aromatic heterocycles. The van der Waals surface area contributed by atoms with Crippen molar-refractivity contribution < 1.29 is 8.42 Å². The summed E-state index contributed by atoms with van der Waals surface area (Å²) in [5, 5.41) is 0.197. The van der Waals surface area contributed by atoms with E-state index in [4.69, 9.17) is 11.6 Å². The van der Waals surface area contributed by atoms with Crippen LogP contribution in [0.25, 0.3) is 0 Å². The van der Waals surface area contributed by atoms with Gasteiger partial charge >= 0.3 is 0 Å². The molecule has 0 aromatic carbocycles. The molecule has 7 heteroatoms. The standard InChI is InChI=1S/C12H18ClN3O2S/c1-9-8-16(2)6-4-11(9)15-19(17,18)12-7-14-5-3-10(12)13/h3,5,7,9,11,15H,4,6,8H2,1-2H3. The molecular formula is C12H18ClN3O2S. The highest BCUT2D eigenvalue weighted by Crippen LogP contribution is 2.22. The topological polar surface area (TPSA) is 62.3 Å². The van der Waals surface area contributed by atoms with E-state index >= 15 is 0 Å². The van der Waals surface area contributed by atoms with Crippen LogP contribution in [0.2, 0.25) is 5.02 Å². The van der Waals surface area contributed by atoms with Gasteiger partial charge in [0, 0.05) is 25.0 Å². The van der Waals surface area contributed by atoms with E-state index in [0.717, 1.165) is 19.5 Å². The predicted octanol–water partition coefficient (Wildman–Crippen LogP) is 1.35. The fraction of sp³-hybridized carbons (Fsp3) is 0.583. The third kappa shape index (κ3) is 3.45. The average Bonchev–Trinajstić information content (AvgIpc) is 2.33. The summed E-state index contributed by atoms with van der Waals surface area (Å²) in [7, 11) is -1.56. The Labute approximate surface area is 119 Å². The zero-order valence-electron chi connectivity index (χ0n) is 11.0. The lowest BCUT2D eigenvalue weighted by atomic mass is 9.95. The van der Waals surface area contributed by atoms with E-state index in [1.165, 1.54) is 18.5 Å². The lowest BCUT2D eigenvalue weighted by Gasteiger charge is -2.34. The Balaban J connectivity index is 2.16. The van der Waals surface area contributed by atoms with E-state index in [1.54, 1.807) is 0 Å². The molecular weight excluding hydrogens is 286 g/mol. The SMILES string of the molecule is CC1CN(C)CCC1NS(=O)(=O)c1cnccc1Cl. The van der Waals surface area contributed by atoms with Crippen LogP contribution >= 0.6 is 11.6 Å². The first-order valence-electron chi connectivity index (χ1n) is 6.20. The van der Waals surface area contributed by atoms with Crippen molar-refractivity contribution in [3.05, 3.63) is 23.5 Å². The van der Waals surface area contributed by atoms with Crippen molar-refractivity contribution in [2.24, 2.45) is 5.92 Å². The molecule has 2 rings (SSSR count). The highest BCUT2D eigenvalue weighted by molar-refractivity contribution is 7.89. The molecule has 1 aliphatic heterocycles. The summed E-state index contributed by atoms with van der Waals surface area (Å²) in [6, 6.07) is 1.42. The lowest BCUT2D eigenvalue weighted by Crippen LogP contribution is -2.48. The molecule has 0 bridgehead atoms. The minimum absolute atomic E-state index is 0.0443.